The first-order valence-electron chi connectivity index (χ1n) is 9.79. The number of benzene rings is 2. The maximum Gasteiger partial charge on any atom is 0.328 e. The molecule has 7 nitrogen and oxygen atoms in total. The van der Waals surface area contributed by atoms with Gasteiger partial charge in [-0.25, -0.2) is 18.1 Å². The minimum absolute atomic E-state index is 0.208. The standard InChI is InChI=1S/C23H25N3O4S/c1-23(2,3)18-13-17(14-20(15-18)26-21(27)11-12-24-22(26)28)6-5-16-7-9-19(10-8-16)25-31(4,29)30/h7-10,13-15,25H,11-12H2,1-4H3,(H,24,28). The summed E-state index contributed by atoms with van der Waals surface area (Å²) in [5, 5.41) is 2.70. The molecule has 2 aromatic rings. The highest BCUT2D eigenvalue weighted by Crippen LogP contribution is 2.29. The number of anilines is 2. The number of sulfonamides is 1. The van der Waals surface area contributed by atoms with Gasteiger partial charge in [-0.05, 0) is 53.4 Å². The molecule has 1 fully saturated rings. The zero-order valence-corrected chi connectivity index (χ0v) is 18.8. The Labute approximate surface area is 182 Å². The molecule has 0 saturated carbocycles. The van der Waals surface area contributed by atoms with Crippen LogP contribution in [0.4, 0.5) is 16.2 Å². The average Bonchev–Trinajstić information content (AvgIpc) is 2.65. The molecule has 3 amide bonds. The Bertz CT molecular complexity index is 1170. The van der Waals surface area contributed by atoms with Crippen molar-refractivity contribution >= 4 is 33.3 Å². The fourth-order valence-electron chi connectivity index (χ4n) is 3.07. The first-order chi connectivity index (χ1) is 14.4. The number of rotatable bonds is 3. The molecule has 162 valence electrons. The predicted octanol–water partition coefficient (Wildman–Crippen LogP) is 3.20. The Morgan fingerprint density at radius 1 is 1.00 bits per heavy atom. The van der Waals surface area contributed by atoms with Crippen LogP contribution in [0, 0.1) is 11.8 Å². The minimum Gasteiger partial charge on any atom is -0.337 e. The molecule has 3 rings (SSSR count). The van der Waals surface area contributed by atoms with Crippen molar-refractivity contribution in [3.8, 4) is 11.8 Å². The van der Waals surface area contributed by atoms with Crippen LogP contribution in [0.15, 0.2) is 42.5 Å². The fraction of sp³-hybridized carbons (Fsp3) is 0.304. The molecule has 1 aliphatic heterocycles. The summed E-state index contributed by atoms with van der Waals surface area (Å²) in [5.74, 6) is 5.90. The summed E-state index contributed by atoms with van der Waals surface area (Å²) in [5.41, 5.74) is 3.07. The predicted molar refractivity (Wildman–Crippen MR) is 122 cm³/mol. The van der Waals surface area contributed by atoms with Crippen molar-refractivity contribution in [2.24, 2.45) is 0 Å². The Balaban J connectivity index is 1.96. The maximum absolute atomic E-state index is 12.4. The molecule has 1 aliphatic rings. The van der Waals surface area contributed by atoms with E-state index in [4.69, 9.17) is 0 Å². The summed E-state index contributed by atoms with van der Waals surface area (Å²) in [4.78, 5) is 25.8. The lowest BCUT2D eigenvalue weighted by Gasteiger charge is -2.28. The third-order valence-electron chi connectivity index (χ3n) is 4.65. The van der Waals surface area contributed by atoms with Gasteiger partial charge in [0.05, 0.1) is 11.9 Å². The van der Waals surface area contributed by atoms with Crippen LogP contribution in [-0.2, 0) is 20.2 Å². The van der Waals surface area contributed by atoms with Crippen LogP contribution < -0.4 is 14.9 Å². The van der Waals surface area contributed by atoms with Gasteiger partial charge in [0, 0.05) is 29.8 Å². The lowest BCUT2D eigenvalue weighted by molar-refractivity contribution is -0.118. The normalized spacial score (nSPS) is 14.5. The number of nitrogens with zero attached hydrogens (tertiary/aromatic N) is 1. The number of nitrogens with one attached hydrogen (secondary N) is 2. The lowest BCUT2D eigenvalue weighted by atomic mass is 9.85. The number of carbonyl (C=O) groups is 2. The summed E-state index contributed by atoms with van der Waals surface area (Å²) < 4.78 is 25.1. The van der Waals surface area contributed by atoms with Crippen molar-refractivity contribution in [1.29, 1.82) is 0 Å². The van der Waals surface area contributed by atoms with Crippen molar-refractivity contribution in [2.45, 2.75) is 32.6 Å². The molecule has 2 N–H and O–H groups in total. The third kappa shape index (κ3) is 5.86. The zero-order chi connectivity index (χ0) is 22.8. The third-order valence-corrected chi connectivity index (χ3v) is 5.26. The molecular weight excluding hydrogens is 414 g/mol. The van der Waals surface area contributed by atoms with Gasteiger partial charge in [-0.3, -0.25) is 9.52 Å². The molecule has 0 unspecified atom stereocenters. The van der Waals surface area contributed by atoms with Crippen LogP contribution in [-0.4, -0.2) is 33.2 Å². The Morgan fingerprint density at radius 2 is 1.65 bits per heavy atom. The van der Waals surface area contributed by atoms with Gasteiger partial charge in [-0.2, -0.15) is 0 Å². The Hall–Kier alpha value is -3.31. The average molecular weight is 440 g/mol. The van der Waals surface area contributed by atoms with Crippen molar-refractivity contribution in [3.63, 3.8) is 0 Å². The quantitative estimate of drug-likeness (QED) is 0.718. The second kappa shape index (κ2) is 8.44. The highest BCUT2D eigenvalue weighted by Gasteiger charge is 2.28. The molecule has 31 heavy (non-hydrogen) atoms. The molecule has 0 atom stereocenters. The number of amides is 3. The summed E-state index contributed by atoms with van der Waals surface area (Å²) in [6.07, 6.45) is 1.34. The van der Waals surface area contributed by atoms with Crippen LogP contribution in [0.2, 0.25) is 0 Å². The Morgan fingerprint density at radius 3 is 2.23 bits per heavy atom. The lowest BCUT2D eigenvalue weighted by Crippen LogP contribution is -2.50. The van der Waals surface area contributed by atoms with E-state index in [9.17, 15) is 18.0 Å². The molecule has 0 spiro atoms. The molecule has 0 bridgehead atoms. The van der Waals surface area contributed by atoms with Gasteiger partial charge in [0.2, 0.25) is 15.9 Å². The fourth-order valence-corrected chi connectivity index (χ4v) is 3.63. The monoisotopic (exact) mass is 439 g/mol. The zero-order valence-electron chi connectivity index (χ0n) is 17.9. The van der Waals surface area contributed by atoms with Crippen LogP contribution in [0.25, 0.3) is 0 Å². The van der Waals surface area contributed by atoms with Crippen molar-refractivity contribution in [3.05, 3.63) is 59.2 Å². The van der Waals surface area contributed by atoms with E-state index >= 15 is 0 Å². The van der Waals surface area contributed by atoms with E-state index in [2.05, 4.69) is 42.7 Å². The Kier molecular flexibility index (Phi) is 6.09. The topological polar surface area (TPSA) is 95.6 Å². The number of urea groups is 1. The van der Waals surface area contributed by atoms with Crippen molar-refractivity contribution in [1.82, 2.24) is 5.32 Å². The first kappa shape index (κ1) is 22.4. The number of hydrogen-bond acceptors (Lipinski definition) is 4. The van der Waals surface area contributed by atoms with Gasteiger partial charge in [0.15, 0.2) is 0 Å². The minimum atomic E-state index is -3.34. The molecule has 0 aromatic heterocycles. The van der Waals surface area contributed by atoms with Gasteiger partial charge in [0.1, 0.15) is 0 Å². The van der Waals surface area contributed by atoms with Crippen molar-refractivity contribution < 1.29 is 18.0 Å². The van der Waals surface area contributed by atoms with Gasteiger partial charge in [-0.15, -0.1) is 0 Å². The van der Waals surface area contributed by atoms with E-state index in [0.29, 0.717) is 29.0 Å². The van der Waals surface area contributed by atoms with E-state index in [0.717, 1.165) is 16.7 Å². The molecular formula is C23H25N3O4S. The van der Waals surface area contributed by atoms with Gasteiger partial charge >= 0.3 is 6.03 Å². The summed E-state index contributed by atoms with van der Waals surface area (Å²) in [6.45, 7) is 6.49. The molecule has 8 heteroatoms. The highest BCUT2D eigenvalue weighted by atomic mass is 32.2. The largest absolute Gasteiger partial charge is 0.337 e. The first-order valence-corrected chi connectivity index (χ1v) is 11.7. The molecule has 0 radical (unpaired) electrons. The van der Waals surface area contributed by atoms with Crippen LogP contribution in [0.3, 0.4) is 0 Å². The second-order valence-corrected chi connectivity index (χ2v) is 10.2. The highest BCUT2D eigenvalue weighted by molar-refractivity contribution is 7.92. The summed E-state index contributed by atoms with van der Waals surface area (Å²) in [7, 11) is -3.34. The van der Waals surface area contributed by atoms with Gasteiger partial charge < -0.3 is 5.32 Å². The number of carbonyl (C=O) groups excluding carboxylic acids is 2. The van der Waals surface area contributed by atoms with Crippen molar-refractivity contribution in [2.75, 3.05) is 22.4 Å². The molecule has 0 aliphatic carbocycles. The second-order valence-electron chi connectivity index (χ2n) is 8.43. The van der Waals surface area contributed by atoms with Gasteiger partial charge in [-0.1, -0.05) is 32.6 Å². The van der Waals surface area contributed by atoms with E-state index in [1.165, 1.54) is 0 Å². The van der Waals surface area contributed by atoms with E-state index < -0.39 is 16.1 Å². The van der Waals surface area contributed by atoms with Crippen LogP contribution in [0.5, 0.6) is 0 Å². The van der Waals surface area contributed by atoms with Crippen LogP contribution >= 0.6 is 0 Å². The van der Waals surface area contributed by atoms with E-state index in [-0.39, 0.29) is 17.7 Å². The van der Waals surface area contributed by atoms with Gasteiger partial charge in [0.25, 0.3) is 0 Å². The van der Waals surface area contributed by atoms with E-state index in [1.807, 2.05) is 12.1 Å². The summed E-state index contributed by atoms with van der Waals surface area (Å²) in [6, 6.07) is 11.8. The molecule has 1 saturated heterocycles. The summed E-state index contributed by atoms with van der Waals surface area (Å²) >= 11 is 0. The smallest absolute Gasteiger partial charge is 0.328 e. The SMILES string of the molecule is CC(C)(C)c1cc(C#Cc2ccc(NS(C)(=O)=O)cc2)cc(N2C(=O)CCNC2=O)c1. The van der Waals surface area contributed by atoms with E-state index in [1.54, 1.807) is 30.3 Å². The van der Waals surface area contributed by atoms with Crippen LogP contribution in [0.1, 0.15) is 43.9 Å². The maximum atomic E-state index is 12.4. The number of hydrogen-bond donors (Lipinski definition) is 2. The number of imide groups is 1. The molecule has 1 heterocycles. The molecule has 2 aromatic carbocycles.